The van der Waals surface area contributed by atoms with Crippen LogP contribution in [0.1, 0.15) is 89.5 Å². The number of aliphatic carboxylic acids is 1. The SMILES string of the molecule is CCCCCc1ccc(N=Nc2ccc(OCCCCCCCCCCC(=O)O)cc2)cc1. The number of benzene rings is 2. The summed E-state index contributed by atoms with van der Waals surface area (Å²) in [7, 11) is 0. The number of unbranched alkanes of at least 4 members (excludes halogenated alkanes) is 9. The fourth-order valence-corrected chi connectivity index (χ4v) is 3.66. The van der Waals surface area contributed by atoms with Crippen molar-refractivity contribution in [2.75, 3.05) is 6.61 Å². The summed E-state index contributed by atoms with van der Waals surface area (Å²) in [4.78, 5) is 10.5. The topological polar surface area (TPSA) is 71.2 Å². The van der Waals surface area contributed by atoms with Crippen molar-refractivity contribution in [2.45, 2.75) is 90.4 Å². The van der Waals surface area contributed by atoms with Gasteiger partial charge in [0.2, 0.25) is 0 Å². The molecule has 0 atom stereocenters. The predicted molar refractivity (Wildman–Crippen MR) is 135 cm³/mol. The molecule has 5 heteroatoms. The maximum absolute atomic E-state index is 10.5. The second-order valence-electron chi connectivity index (χ2n) is 8.64. The third-order valence-corrected chi connectivity index (χ3v) is 5.68. The van der Waals surface area contributed by atoms with Crippen LogP contribution in [0, 0.1) is 0 Å². The second-order valence-corrected chi connectivity index (χ2v) is 8.64. The number of rotatable bonds is 18. The van der Waals surface area contributed by atoms with E-state index in [9.17, 15) is 4.79 Å². The first-order chi connectivity index (χ1) is 16.2. The molecule has 0 bridgehead atoms. The molecule has 0 aliphatic heterocycles. The molecule has 1 N–H and O–H groups in total. The highest BCUT2D eigenvalue weighted by atomic mass is 16.5. The van der Waals surface area contributed by atoms with Crippen molar-refractivity contribution in [2.24, 2.45) is 10.2 Å². The third kappa shape index (κ3) is 12.8. The lowest BCUT2D eigenvalue weighted by Crippen LogP contribution is -1.97. The van der Waals surface area contributed by atoms with Gasteiger partial charge in [0.25, 0.3) is 0 Å². The average Bonchev–Trinajstić information content (AvgIpc) is 2.83. The summed E-state index contributed by atoms with van der Waals surface area (Å²) in [6.45, 7) is 2.95. The van der Waals surface area contributed by atoms with Crippen LogP contribution in [0.2, 0.25) is 0 Å². The van der Waals surface area contributed by atoms with E-state index >= 15 is 0 Å². The van der Waals surface area contributed by atoms with Gasteiger partial charge < -0.3 is 9.84 Å². The van der Waals surface area contributed by atoms with E-state index in [1.54, 1.807) is 0 Å². The highest BCUT2D eigenvalue weighted by Gasteiger charge is 1.99. The molecule has 0 unspecified atom stereocenters. The summed E-state index contributed by atoms with van der Waals surface area (Å²) in [5.74, 6) is 0.177. The minimum absolute atomic E-state index is 0.300. The zero-order valence-corrected chi connectivity index (χ0v) is 20.2. The van der Waals surface area contributed by atoms with E-state index in [1.165, 1.54) is 50.5 Å². The number of nitrogens with zero attached hydrogens (tertiary/aromatic N) is 2. The molecule has 0 aliphatic carbocycles. The van der Waals surface area contributed by atoms with Crippen LogP contribution >= 0.6 is 0 Å². The molecular weight excluding hydrogens is 412 g/mol. The number of aryl methyl sites for hydroxylation is 1. The highest BCUT2D eigenvalue weighted by Crippen LogP contribution is 2.22. The van der Waals surface area contributed by atoms with Crippen molar-refractivity contribution < 1.29 is 14.6 Å². The van der Waals surface area contributed by atoms with Gasteiger partial charge in [-0.25, -0.2) is 0 Å². The van der Waals surface area contributed by atoms with Gasteiger partial charge >= 0.3 is 5.97 Å². The molecule has 2 aromatic carbocycles. The number of azo groups is 1. The van der Waals surface area contributed by atoms with Gasteiger partial charge in [0.1, 0.15) is 5.75 Å². The standard InChI is InChI=1S/C28H40N2O3/c1-2-3-10-13-24-15-17-25(18-16-24)29-30-26-19-21-27(22-20-26)33-23-12-9-7-5-4-6-8-11-14-28(31)32/h15-22H,2-14,23H2,1H3,(H,31,32). The first-order valence-electron chi connectivity index (χ1n) is 12.6. The molecule has 0 amide bonds. The van der Waals surface area contributed by atoms with Gasteiger partial charge in [-0.3, -0.25) is 4.79 Å². The monoisotopic (exact) mass is 452 g/mol. The normalized spacial score (nSPS) is 11.2. The number of carboxylic acid groups (broad SMARTS) is 1. The van der Waals surface area contributed by atoms with Gasteiger partial charge in [-0.15, -0.1) is 0 Å². The summed E-state index contributed by atoms with van der Waals surface area (Å²) in [6, 6.07) is 16.1. The molecule has 2 aromatic rings. The van der Waals surface area contributed by atoms with Crippen molar-refractivity contribution in [3.05, 3.63) is 54.1 Å². The van der Waals surface area contributed by atoms with Gasteiger partial charge in [-0.1, -0.05) is 70.4 Å². The average molecular weight is 453 g/mol. The van der Waals surface area contributed by atoms with Crippen LogP contribution in [-0.4, -0.2) is 17.7 Å². The van der Waals surface area contributed by atoms with E-state index in [-0.39, 0.29) is 0 Å². The lowest BCUT2D eigenvalue weighted by molar-refractivity contribution is -0.137. The maximum atomic E-state index is 10.5. The van der Waals surface area contributed by atoms with Crippen molar-refractivity contribution in [1.29, 1.82) is 0 Å². The molecule has 0 aromatic heterocycles. The fourth-order valence-electron chi connectivity index (χ4n) is 3.66. The number of hydrogen-bond donors (Lipinski definition) is 1. The number of ether oxygens (including phenoxy) is 1. The van der Waals surface area contributed by atoms with E-state index in [1.807, 2.05) is 36.4 Å². The number of hydrogen-bond acceptors (Lipinski definition) is 4. The molecule has 0 saturated heterocycles. The molecule has 0 saturated carbocycles. The zero-order valence-electron chi connectivity index (χ0n) is 20.2. The van der Waals surface area contributed by atoms with Crippen LogP contribution in [0.5, 0.6) is 5.75 Å². The summed E-state index contributed by atoms with van der Waals surface area (Å²) in [5.41, 5.74) is 3.05. The Balaban J connectivity index is 1.56. The largest absolute Gasteiger partial charge is 0.494 e. The Hall–Kier alpha value is -2.69. The van der Waals surface area contributed by atoms with Gasteiger partial charge in [-0.05, 0) is 67.6 Å². The minimum atomic E-state index is -0.687. The molecule has 0 spiro atoms. The Morgan fingerprint density at radius 3 is 1.85 bits per heavy atom. The van der Waals surface area contributed by atoms with Gasteiger partial charge in [0, 0.05) is 6.42 Å². The van der Waals surface area contributed by atoms with Crippen molar-refractivity contribution >= 4 is 17.3 Å². The third-order valence-electron chi connectivity index (χ3n) is 5.68. The first-order valence-corrected chi connectivity index (χ1v) is 12.6. The number of carbonyl (C=O) groups is 1. The minimum Gasteiger partial charge on any atom is -0.494 e. The van der Waals surface area contributed by atoms with E-state index < -0.39 is 5.97 Å². The highest BCUT2D eigenvalue weighted by molar-refractivity contribution is 5.66. The Morgan fingerprint density at radius 2 is 1.27 bits per heavy atom. The van der Waals surface area contributed by atoms with Crippen LogP contribution in [0.3, 0.4) is 0 Å². The Bertz CT molecular complexity index is 801. The van der Waals surface area contributed by atoms with E-state index in [0.717, 1.165) is 55.8 Å². The lowest BCUT2D eigenvalue weighted by atomic mass is 10.1. The fraction of sp³-hybridized carbons (Fsp3) is 0.536. The van der Waals surface area contributed by atoms with E-state index in [4.69, 9.17) is 9.84 Å². The molecule has 0 aliphatic rings. The van der Waals surface area contributed by atoms with E-state index in [2.05, 4.69) is 29.3 Å². The predicted octanol–water partition coefficient (Wildman–Crippen LogP) is 8.81. The summed E-state index contributed by atoms with van der Waals surface area (Å²) in [5, 5.41) is 17.3. The summed E-state index contributed by atoms with van der Waals surface area (Å²) < 4.78 is 5.83. The van der Waals surface area contributed by atoms with Gasteiger partial charge in [-0.2, -0.15) is 10.2 Å². The molecule has 2 rings (SSSR count). The van der Waals surface area contributed by atoms with Crippen LogP contribution in [0.15, 0.2) is 58.8 Å². The van der Waals surface area contributed by atoms with E-state index in [0.29, 0.717) is 6.42 Å². The molecule has 180 valence electrons. The Morgan fingerprint density at radius 1 is 0.727 bits per heavy atom. The zero-order chi connectivity index (χ0) is 23.6. The van der Waals surface area contributed by atoms with Crippen molar-refractivity contribution in [3.63, 3.8) is 0 Å². The Kier molecular flexibility index (Phi) is 13.6. The molecule has 5 nitrogen and oxygen atoms in total. The second kappa shape index (κ2) is 16.9. The maximum Gasteiger partial charge on any atom is 0.303 e. The Labute approximate surface area is 199 Å². The number of carboxylic acids is 1. The van der Waals surface area contributed by atoms with Crippen LogP contribution in [0.4, 0.5) is 11.4 Å². The first kappa shape index (κ1) is 26.6. The quantitative estimate of drug-likeness (QED) is 0.181. The summed E-state index contributed by atoms with van der Waals surface area (Å²) >= 11 is 0. The molecule has 0 radical (unpaired) electrons. The molecule has 0 fully saturated rings. The van der Waals surface area contributed by atoms with Gasteiger partial charge in [0.05, 0.1) is 18.0 Å². The van der Waals surface area contributed by atoms with Crippen LogP contribution in [0.25, 0.3) is 0 Å². The molecular formula is C28H40N2O3. The smallest absolute Gasteiger partial charge is 0.303 e. The molecule has 0 heterocycles. The van der Waals surface area contributed by atoms with Crippen LogP contribution < -0.4 is 4.74 Å². The van der Waals surface area contributed by atoms with Crippen LogP contribution in [-0.2, 0) is 11.2 Å². The van der Waals surface area contributed by atoms with Crippen molar-refractivity contribution in [1.82, 2.24) is 0 Å². The molecule has 33 heavy (non-hydrogen) atoms. The van der Waals surface area contributed by atoms with Crippen molar-refractivity contribution in [3.8, 4) is 5.75 Å². The van der Waals surface area contributed by atoms with Gasteiger partial charge in [0.15, 0.2) is 0 Å². The lowest BCUT2D eigenvalue weighted by Gasteiger charge is -2.06. The summed E-state index contributed by atoms with van der Waals surface area (Å²) in [6.07, 6.45) is 14.0.